The van der Waals surface area contributed by atoms with Crippen molar-refractivity contribution in [2.75, 3.05) is 13.2 Å². The standard InChI is InChI=1S/C16H22BrNO2/c1-16(2)19-10-15(20-16)9-18-14-7-12(8-14)11-3-5-13(17)6-4-11/h3-6,12,14-15,18H,7-10H2,1-2H3. The van der Waals surface area contributed by atoms with Gasteiger partial charge in [-0.3, -0.25) is 0 Å². The lowest BCUT2D eigenvalue weighted by molar-refractivity contribution is -0.138. The predicted molar refractivity (Wildman–Crippen MR) is 82.8 cm³/mol. The van der Waals surface area contributed by atoms with Crippen LogP contribution < -0.4 is 5.32 Å². The molecule has 1 heterocycles. The van der Waals surface area contributed by atoms with Crippen molar-refractivity contribution in [3.63, 3.8) is 0 Å². The summed E-state index contributed by atoms with van der Waals surface area (Å²) in [5.41, 5.74) is 1.45. The summed E-state index contributed by atoms with van der Waals surface area (Å²) >= 11 is 3.48. The Kier molecular flexibility index (Phi) is 4.18. The minimum absolute atomic E-state index is 0.191. The first kappa shape index (κ1) is 14.5. The van der Waals surface area contributed by atoms with E-state index < -0.39 is 5.79 Å². The molecule has 4 heteroatoms. The van der Waals surface area contributed by atoms with Crippen molar-refractivity contribution in [1.29, 1.82) is 0 Å². The topological polar surface area (TPSA) is 30.5 Å². The number of rotatable bonds is 4. The van der Waals surface area contributed by atoms with Crippen LogP contribution in [0.1, 0.15) is 38.2 Å². The molecule has 0 bridgehead atoms. The molecule has 20 heavy (non-hydrogen) atoms. The van der Waals surface area contributed by atoms with Crippen LogP contribution in [0.15, 0.2) is 28.7 Å². The molecule has 1 aromatic carbocycles. The summed E-state index contributed by atoms with van der Waals surface area (Å²) in [5.74, 6) is 0.295. The molecule has 1 aliphatic heterocycles. The molecule has 1 unspecified atom stereocenters. The summed E-state index contributed by atoms with van der Waals surface area (Å²) < 4.78 is 12.5. The quantitative estimate of drug-likeness (QED) is 0.911. The van der Waals surface area contributed by atoms with Crippen LogP contribution in [0.4, 0.5) is 0 Å². The second-order valence-electron chi connectivity index (χ2n) is 6.28. The number of benzene rings is 1. The van der Waals surface area contributed by atoms with E-state index >= 15 is 0 Å². The van der Waals surface area contributed by atoms with Crippen LogP contribution >= 0.6 is 15.9 Å². The van der Waals surface area contributed by atoms with Crippen LogP contribution in [-0.4, -0.2) is 31.1 Å². The average molecular weight is 340 g/mol. The number of halogens is 1. The molecule has 0 amide bonds. The van der Waals surface area contributed by atoms with E-state index in [1.54, 1.807) is 0 Å². The number of nitrogens with one attached hydrogen (secondary N) is 1. The SMILES string of the molecule is CC1(C)OCC(CNC2CC(c3ccc(Br)cc3)C2)O1. The van der Waals surface area contributed by atoms with E-state index in [-0.39, 0.29) is 6.10 Å². The van der Waals surface area contributed by atoms with Gasteiger partial charge >= 0.3 is 0 Å². The predicted octanol–water partition coefficient (Wildman–Crippen LogP) is 3.44. The highest BCUT2D eigenvalue weighted by molar-refractivity contribution is 9.10. The second-order valence-corrected chi connectivity index (χ2v) is 7.19. The van der Waals surface area contributed by atoms with E-state index in [2.05, 4.69) is 45.5 Å². The normalized spacial score (nSPS) is 32.0. The van der Waals surface area contributed by atoms with Crippen molar-refractivity contribution in [3.8, 4) is 0 Å². The first-order valence-corrected chi connectivity index (χ1v) is 8.12. The molecule has 1 aromatic rings. The first-order valence-electron chi connectivity index (χ1n) is 7.32. The van der Waals surface area contributed by atoms with Gasteiger partial charge in [-0.25, -0.2) is 0 Å². The molecule has 1 saturated heterocycles. The van der Waals surface area contributed by atoms with Crippen LogP contribution in [0, 0.1) is 0 Å². The Morgan fingerprint density at radius 3 is 2.55 bits per heavy atom. The zero-order chi connectivity index (χ0) is 14.2. The minimum Gasteiger partial charge on any atom is -0.348 e. The third kappa shape index (κ3) is 3.42. The van der Waals surface area contributed by atoms with Gasteiger partial charge in [-0.05, 0) is 50.3 Å². The molecule has 0 radical (unpaired) electrons. The van der Waals surface area contributed by atoms with E-state index in [1.165, 1.54) is 18.4 Å². The van der Waals surface area contributed by atoms with Gasteiger partial charge < -0.3 is 14.8 Å². The molecule has 3 rings (SSSR count). The van der Waals surface area contributed by atoms with E-state index in [4.69, 9.17) is 9.47 Å². The number of ether oxygens (including phenoxy) is 2. The van der Waals surface area contributed by atoms with Gasteiger partial charge in [0.2, 0.25) is 0 Å². The fraction of sp³-hybridized carbons (Fsp3) is 0.625. The Morgan fingerprint density at radius 2 is 1.95 bits per heavy atom. The maximum atomic E-state index is 5.80. The highest BCUT2D eigenvalue weighted by atomic mass is 79.9. The molecule has 1 saturated carbocycles. The Morgan fingerprint density at radius 1 is 1.25 bits per heavy atom. The van der Waals surface area contributed by atoms with E-state index in [9.17, 15) is 0 Å². The molecule has 2 aliphatic rings. The zero-order valence-electron chi connectivity index (χ0n) is 12.1. The van der Waals surface area contributed by atoms with Crippen molar-refractivity contribution in [2.24, 2.45) is 0 Å². The van der Waals surface area contributed by atoms with Crippen molar-refractivity contribution >= 4 is 15.9 Å². The minimum atomic E-state index is -0.411. The van der Waals surface area contributed by atoms with Gasteiger partial charge in [-0.15, -0.1) is 0 Å². The van der Waals surface area contributed by atoms with Crippen LogP contribution in [0.5, 0.6) is 0 Å². The summed E-state index contributed by atoms with van der Waals surface area (Å²) in [6, 6.07) is 9.32. The Bertz CT molecular complexity index is 454. The van der Waals surface area contributed by atoms with Gasteiger partial charge in [0.15, 0.2) is 5.79 Å². The number of hydrogen-bond donors (Lipinski definition) is 1. The van der Waals surface area contributed by atoms with Gasteiger partial charge in [0.05, 0.1) is 12.7 Å². The smallest absolute Gasteiger partial charge is 0.163 e. The lowest BCUT2D eigenvalue weighted by Gasteiger charge is -2.37. The van der Waals surface area contributed by atoms with Crippen molar-refractivity contribution in [3.05, 3.63) is 34.3 Å². The van der Waals surface area contributed by atoms with Gasteiger partial charge in [0.1, 0.15) is 0 Å². The van der Waals surface area contributed by atoms with Gasteiger partial charge in [0.25, 0.3) is 0 Å². The molecule has 1 aliphatic carbocycles. The number of hydrogen-bond acceptors (Lipinski definition) is 3. The molecule has 0 spiro atoms. The molecule has 0 aromatic heterocycles. The fourth-order valence-electron chi connectivity index (χ4n) is 2.95. The molecule has 2 fully saturated rings. The average Bonchev–Trinajstić information content (AvgIpc) is 2.69. The maximum absolute atomic E-state index is 5.80. The molecular formula is C16H22BrNO2. The molecular weight excluding hydrogens is 318 g/mol. The highest BCUT2D eigenvalue weighted by Gasteiger charge is 2.34. The summed E-state index contributed by atoms with van der Waals surface area (Å²) in [6.45, 7) is 5.53. The summed E-state index contributed by atoms with van der Waals surface area (Å²) in [6.07, 6.45) is 2.63. The van der Waals surface area contributed by atoms with Gasteiger partial charge in [0, 0.05) is 17.1 Å². The summed E-state index contributed by atoms with van der Waals surface area (Å²) in [7, 11) is 0. The Balaban J connectivity index is 1.39. The van der Waals surface area contributed by atoms with Crippen LogP contribution in [-0.2, 0) is 9.47 Å². The maximum Gasteiger partial charge on any atom is 0.163 e. The molecule has 110 valence electrons. The monoisotopic (exact) mass is 339 g/mol. The van der Waals surface area contributed by atoms with Gasteiger partial charge in [-0.1, -0.05) is 28.1 Å². The molecule has 1 N–H and O–H groups in total. The molecule has 3 nitrogen and oxygen atoms in total. The van der Waals surface area contributed by atoms with E-state index in [0.717, 1.165) is 11.0 Å². The fourth-order valence-corrected chi connectivity index (χ4v) is 3.22. The zero-order valence-corrected chi connectivity index (χ0v) is 13.7. The van der Waals surface area contributed by atoms with E-state index in [0.29, 0.717) is 18.6 Å². The second kappa shape index (κ2) is 5.76. The Labute approximate surface area is 129 Å². The van der Waals surface area contributed by atoms with Crippen LogP contribution in [0.2, 0.25) is 0 Å². The molecule has 1 atom stereocenters. The summed E-state index contributed by atoms with van der Waals surface area (Å²) in [5, 5.41) is 3.60. The van der Waals surface area contributed by atoms with Gasteiger partial charge in [-0.2, -0.15) is 0 Å². The van der Waals surface area contributed by atoms with Crippen molar-refractivity contribution in [2.45, 2.75) is 50.5 Å². The lowest BCUT2D eigenvalue weighted by atomic mass is 9.76. The summed E-state index contributed by atoms with van der Waals surface area (Å²) in [4.78, 5) is 0. The largest absolute Gasteiger partial charge is 0.348 e. The Hall–Kier alpha value is -0.420. The highest BCUT2D eigenvalue weighted by Crippen LogP contribution is 2.37. The van der Waals surface area contributed by atoms with E-state index in [1.807, 2.05) is 13.8 Å². The first-order chi connectivity index (χ1) is 9.52. The lowest BCUT2D eigenvalue weighted by Crippen LogP contribution is -2.44. The van der Waals surface area contributed by atoms with Crippen LogP contribution in [0.3, 0.4) is 0 Å². The third-order valence-electron chi connectivity index (χ3n) is 4.18. The van der Waals surface area contributed by atoms with Crippen molar-refractivity contribution < 1.29 is 9.47 Å². The van der Waals surface area contributed by atoms with Crippen LogP contribution in [0.25, 0.3) is 0 Å². The third-order valence-corrected chi connectivity index (χ3v) is 4.71. The van der Waals surface area contributed by atoms with Crippen molar-refractivity contribution in [1.82, 2.24) is 5.32 Å².